The van der Waals surface area contributed by atoms with Gasteiger partial charge in [0.05, 0.1) is 6.42 Å². The largest absolute Gasteiger partial charge is 0.335 e. The number of imidazole rings is 1. The van der Waals surface area contributed by atoms with Crippen molar-refractivity contribution < 1.29 is 4.79 Å². The fourth-order valence-corrected chi connectivity index (χ4v) is 2.83. The third-order valence-electron chi connectivity index (χ3n) is 4.20. The van der Waals surface area contributed by atoms with E-state index in [1.54, 1.807) is 6.20 Å². The van der Waals surface area contributed by atoms with Crippen LogP contribution in [0.25, 0.3) is 0 Å². The number of hydrogen-bond acceptors (Lipinski definition) is 3. The number of Topliss-reactive ketones (excluding diaryl/α,β-unsaturated/α-hetero) is 1. The van der Waals surface area contributed by atoms with Crippen LogP contribution in [0.5, 0.6) is 0 Å². The topological polar surface area (TPSA) is 46.9 Å². The predicted molar refractivity (Wildman–Crippen MR) is 71.4 cm³/mol. The van der Waals surface area contributed by atoms with E-state index in [0.29, 0.717) is 12.2 Å². The first kappa shape index (κ1) is 13.3. The Kier molecular flexibility index (Phi) is 4.17. The highest BCUT2D eigenvalue weighted by atomic mass is 16.1. The molecular weight excluding hydrogens is 226 g/mol. The zero-order valence-electron chi connectivity index (χ0n) is 11.4. The molecule has 1 atom stereocenters. The molecule has 1 unspecified atom stereocenters. The first-order valence-corrected chi connectivity index (χ1v) is 6.96. The average molecular weight is 249 g/mol. The quantitative estimate of drug-likeness (QED) is 0.865. The Morgan fingerprint density at radius 3 is 3.00 bits per heavy atom. The van der Waals surface area contributed by atoms with Crippen molar-refractivity contribution in [2.75, 3.05) is 13.1 Å². The summed E-state index contributed by atoms with van der Waals surface area (Å²) in [4.78, 5) is 16.9. The summed E-state index contributed by atoms with van der Waals surface area (Å²) in [5.41, 5.74) is -0.164. The Morgan fingerprint density at radius 2 is 2.39 bits per heavy atom. The highest BCUT2D eigenvalue weighted by Crippen LogP contribution is 2.32. The van der Waals surface area contributed by atoms with Crippen molar-refractivity contribution in [1.29, 1.82) is 0 Å². The number of carbonyl (C=O) groups excluding carboxylic acids is 1. The van der Waals surface area contributed by atoms with E-state index in [9.17, 15) is 4.79 Å². The number of nitrogens with zero attached hydrogens (tertiary/aromatic N) is 2. The van der Waals surface area contributed by atoms with Crippen molar-refractivity contribution in [1.82, 2.24) is 14.9 Å². The third kappa shape index (κ3) is 2.48. The molecule has 0 saturated carbocycles. The molecule has 0 aliphatic carbocycles. The first-order chi connectivity index (χ1) is 8.72. The minimum absolute atomic E-state index is 0.164. The molecule has 18 heavy (non-hydrogen) atoms. The van der Waals surface area contributed by atoms with Crippen molar-refractivity contribution in [3.8, 4) is 0 Å². The van der Waals surface area contributed by atoms with Crippen molar-refractivity contribution in [2.24, 2.45) is 5.41 Å². The van der Waals surface area contributed by atoms with Gasteiger partial charge >= 0.3 is 0 Å². The molecule has 1 aromatic rings. The summed E-state index contributed by atoms with van der Waals surface area (Å²) in [6.45, 7) is 6.94. The zero-order chi connectivity index (χ0) is 13.0. The van der Waals surface area contributed by atoms with Gasteiger partial charge in [0.25, 0.3) is 0 Å². The molecule has 0 radical (unpaired) electrons. The van der Waals surface area contributed by atoms with E-state index in [1.165, 1.54) is 0 Å². The number of rotatable bonds is 5. The number of piperidine rings is 1. The summed E-state index contributed by atoms with van der Waals surface area (Å²) in [6, 6.07) is 0. The lowest BCUT2D eigenvalue weighted by Crippen LogP contribution is -2.46. The van der Waals surface area contributed by atoms with Gasteiger partial charge < -0.3 is 9.88 Å². The van der Waals surface area contributed by atoms with Gasteiger partial charge in [0.1, 0.15) is 11.6 Å². The van der Waals surface area contributed by atoms with Crippen molar-refractivity contribution in [3.05, 3.63) is 18.2 Å². The number of aromatic nitrogens is 2. The number of nitrogens with one attached hydrogen (secondary N) is 1. The average Bonchev–Trinajstić information content (AvgIpc) is 2.86. The van der Waals surface area contributed by atoms with E-state index in [0.717, 1.165) is 44.7 Å². The van der Waals surface area contributed by atoms with Crippen LogP contribution in [0, 0.1) is 5.41 Å². The van der Waals surface area contributed by atoms with Gasteiger partial charge in [-0.1, -0.05) is 6.92 Å². The summed E-state index contributed by atoms with van der Waals surface area (Å²) >= 11 is 0. The second kappa shape index (κ2) is 5.65. The molecule has 100 valence electrons. The number of aryl methyl sites for hydroxylation is 1. The molecule has 0 bridgehead atoms. The predicted octanol–water partition coefficient (Wildman–Crippen LogP) is 1.79. The highest BCUT2D eigenvalue weighted by molar-refractivity contribution is 5.86. The molecule has 1 aliphatic rings. The van der Waals surface area contributed by atoms with E-state index in [-0.39, 0.29) is 5.41 Å². The maximum atomic E-state index is 12.6. The lowest BCUT2D eigenvalue weighted by molar-refractivity contribution is -0.129. The van der Waals surface area contributed by atoms with Gasteiger partial charge in [-0.15, -0.1) is 0 Å². The number of ketones is 1. The van der Waals surface area contributed by atoms with E-state index < -0.39 is 0 Å². The Balaban J connectivity index is 2.10. The minimum atomic E-state index is -0.164. The Labute approximate surface area is 109 Å². The smallest absolute Gasteiger partial charge is 0.147 e. The maximum Gasteiger partial charge on any atom is 0.147 e. The van der Waals surface area contributed by atoms with Crippen LogP contribution in [-0.4, -0.2) is 28.4 Å². The maximum absolute atomic E-state index is 12.6. The molecule has 2 rings (SSSR count). The summed E-state index contributed by atoms with van der Waals surface area (Å²) in [7, 11) is 0. The van der Waals surface area contributed by atoms with Gasteiger partial charge in [-0.25, -0.2) is 4.98 Å². The van der Waals surface area contributed by atoms with Gasteiger partial charge in [0.15, 0.2) is 0 Å². The van der Waals surface area contributed by atoms with Gasteiger partial charge in [-0.05, 0) is 32.7 Å². The van der Waals surface area contributed by atoms with Crippen molar-refractivity contribution >= 4 is 5.78 Å². The molecular formula is C14H23N3O. The summed E-state index contributed by atoms with van der Waals surface area (Å²) < 4.78 is 2.05. The number of hydrogen-bond donors (Lipinski definition) is 1. The molecule has 1 aliphatic heterocycles. The molecule has 1 aromatic heterocycles. The van der Waals surface area contributed by atoms with Crippen LogP contribution in [0.15, 0.2) is 12.4 Å². The minimum Gasteiger partial charge on any atom is -0.335 e. The van der Waals surface area contributed by atoms with Crippen LogP contribution in [0.2, 0.25) is 0 Å². The van der Waals surface area contributed by atoms with Gasteiger partial charge in [-0.3, -0.25) is 4.79 Å². The van der Waals surface area contributed by atoms with Crippen LogP contribution < -0.4 is 5.32 Å². The van der Waals surface area contributed by atoms with Crippen LogP contribution in [0.3, 0.4) is 0 Å². The normalized spacial score (nSPS) is 24.1. The molecule has 0 aromatic carbocycles. The standard InChI is InChI=1S/C14H23N3O/c1-3-14(6-5-7-15-11-14)12(18)10-13-16-8-9-17(13)4-2/h8-9,15H,3-7,10-11H2,1-2H3. The molecule has 0 spiro atoms. The van der Waals surface area contributed by atoms with Crippen LogP contribution in [0.4, 0.5) is 0 Å². The molecule has 1 N–H and O–H groups in total. The Hall–Kier alpha value is -1.16. The van der Waals surface area contributed by atoms with Crippen molar-refractivity contribution in [2.45, 2.75) is 46.1 Å². The summed E-state index contributed by atoms with van der Waals surface area (Å²) in [5.74, 6) is 1.25. The molecule has 4 heteroatoms. The first-order valence-electron chi connectivity index (χ1n) is 6.96. The van der Waals surface area contributed by atoms with E-state index in [2.05, 4.69) is 28.7 Å². The second-order valence-corrected chi connectivity index (χ2v) is 5.14. The SMILES string of the molecule is CCn1ccnc1CC(=O)C1(CC)CCCNC1. The number of carbonyl (C=O) groups is 1. The molecule has 2 heterocycles. The molecule has 4 nitrogen and oxygen atoms in total. The van der Waals surface area contributed by atoms with Gasteiger partial charge in [0.2, 0.25) is 0 Å². The molecule has 0 amide bonds. The molecule has 1 fully saturated rings. The van der Waals surface area contributed by atoms with Gasteiger partial charge in [-0.2, -0.15) is 0 Å². The monoisotopic (exact) mass is 249 g/mol. The van der Waals surface area contributed by atoms with E-state index in [1.807, 2.05) is 6.20 Å². The van der Waals surface area contributed by atoms with Crippen molar-refractivity contribution in [3.63, 3.8) is 0 Å². The molecule has 1 saturated heterocycles. The van der Waals surface area contributed by atoms with Crippen LogP contribution >= 0.6 is 0 Å². The Morgan fingerprint density at radius 1 is 1.56 bits per heavy atom. The fourth-order valence-electron chi connectivity index (χ4n) is 2.83. The van der Waals surface area contributed by atoms with Gasteiger partial charge in [0, 0.05) is 30.9 Å². The van der Waals surface area contributed by atoms with E-state index in [4.69, 9.17) is 0 Å². The van der Waals surface area contributed by atoms with Crippen LogP contribution in [-0.2, 0) is 17.8 Å². The fraction of sp³-hybridized carbons (Fsp3) is 0.714. The summed E-state index contributed by atoms with van der Waals surface area (Å²) in [6.07, 6.45) is 7.23. The third-order valence-corrected chi connectivity index (χ3v) is 4.20. The highest BCUT2D eigenvalue weighted by Gasteiger charge is 2.37. The second-order valence-electron chi connectivity index (χ2n) is 5.14. The zero-order valence-corrected chi connectivity index (χ0v) is 11.4. The summed E-state index contributed by atoms with van der Waals surface area (Å²) in [5, 5.41) is 3.37. The Bertz CT molecular complexity index is 405. The van der Waals surface area contributed by atoms with Crippen LogP contribution in [0.1, 0.15) is 38.9 Å². The van der Waals surface area contributed by atoms with E-state index >= 15 is 0 Å². The lowest BCUT2D eigenvalue weighted by atomic mass is 9.74. The lowest BCUT2D eigenvalue weighted by Gasteiger charge is -2.35.